The molecule has 0 radical (unpaired) electrons. The van der Waals surface area contributed by atoms with Crippen LogP contribution in [0, 0.1) is 6.92 Å². The minimum atomic E-state index is -1.88. The van der Waals surface area contributed by atoms with Crippen LogP contribution in [0.25, 0.3) is 10.9 Å². The summed E-state index contributed by atoms with van der Waals surface area (Å²) in [4.78, 5) is 4.67. The third-order valence-corrected chi connectivity index (χ3v) is 9.02. The summed E-state index contributed by atoms with van der Waals surface area (Å²) in [5.41, 5.74) is 1.96. The molecule has 0 saturated heterocycles. The molecule has 2 rings (SSSR count). The molecule has 0 N–H and O–H groups in total. The molecule has 0 fully saturated rings. The first-order chi connectivity index (χ1) is 9.12. The van der Waals surface area contributed by atoms with Gasteiger partial charge in [-0.2, -0.15) is 0 Å². The highest BCUT2D eigenvalue weighted by molar-refractivity contribution is 9.10. The number of pyridine rings is 1. The lowest BCUT2D eigenvalue weighted by atomic mass is 10.2. The molecule has 4 heteroatoms. The van der Waals surface area contributed by atoms with Crippen LogP contribution in [0.15, 0.2) is 28.7 Å². The number of aromatic nitrogens is 1. The summed E-state index contributed by atoms with van der Waals surface area (Å²) in [6.07, 6.45) is 0. The zero-order valence-electron chi connectivity index (χ0n) is 13.0. The first kappa shape index (κ1) is 15.5. The smallest absolute Gasteiger partial charge is 0.250 e. The second-order valence-corrected chi connectivity index (χ2v) is 12.3. The Kier molecular flexibility index (Phi) is 4.00. The number of halogens is 1. The molecule has 1 aromatic heterocycles. The summed E-state index contributed by atoms with van der Waals surface area (Å²) >= 11 is 3.62. The van der Waals surface area contributed by atoms with E-state index in [1.165, 1.54) is 0 Å². The average molecular weight is 352 g/mol. The molecule has 2 aromatic rings. The van der Waals surface area contributed by atoms with Crippen LogP contribution in [-0.4, -0.2) is 13.3 Å². The molecule has 0 aliphatic carbocycles. The molecule has 1 aromatic carbocycles. The van der Waals surface area contributed by atoms with Crippen LogP contribution in [0.4, 0.5) is 0 Å². The fourth-order valence-corrected chi connectivity index (χ4v) is 3.31. The third-order valence-electron chi connectivity index (χ3n) is 4.07. The number of hydrogen-bond acceptors (Lipinski definition) is 2. The summed E-state index contributed by atoms with van der Waals surface area (Å²) in [7, 11) is -1.88. The van der Waals surface area contributed by atoms with E-state index in [2.05, 4.69) is 66.9 Å². The van der Waals surface area contributed by atoms with E-state index in [1.54, 1.807) is 0 Å². The molecular weight excluding hydrogens is 330 g/mol. The molecular formula is C16H22BrNOSi. The van der Waals surface area contributed by atoms with E-state index in [-0.39, 0.29) is 5.04 Å². The van der Waals surface area contributed by atoms with Crippen LogP contribution in [0.1, 0.15) is 26.5 Å². The van der Waals surface area contributed by atoms with E-state index >= 15 is 0 Å². The van der Waals surface area contributed by atoms with Crippen molar-refractivity contribution < 1.29 is 4.43 Å². The van der Waals surface area contributed by atoms with E-state index in [4.69, 9.17) is 4.43 Å². The Morgan fingerprint density at radius 2 is 1.70 bits per heavy atom. The number of nitrogens with zero attached hydrogens (tertiary/aromatic N) is 1. The Morgan fingerprint density at radius 1 is 1.10 bits per heavy atom. The predicted octanol–water partition coefficient (Wildman–Crippen LogP) is 5.69. The van der Waals surface area contributed by atoms with Crippen LogP contribution in [0.2, 0.25) is 18.1 Å². The largest absolute Gasteiger partial charge is 0.541 e. The van der Waals surface area contributed by atoms with Gasteiger partial charge in [-0.05, 0) is 53.1 Å². The highest BCUT2D eigenvalue weighted by Crippen LogP contribution is 2.41. The van der Waals surface area contributed by atoms with Gasteiger partial charge in [-0.3, -0.25) is 0 Å². The van der Waals surface area contributed by atoms with Gasteiger partial charge in [-0.15, -0.1) is 0 Å². The zero-order chi connectivity index (χ0) is 15.1. The van der Waals surface area contributed by atoms with Crippen molar-refractivity contribution in [3.8, 4) is 5.75 Å². The summed E-state index contributed by atoms with van der Waals surface area (Å²) in [5.74, 6) is 0.887. The van der Waals surface area contributed by atoms with Crippen molar-refractivity contribution in [1.29, 1.82) is 0 Å². The van der Waals surface area contributed by atoms with E-state index in [0.29, 0.717) is 0 Å². The van der Waals surface area contributed by atoms with Crippen LogP contribution in [0.3, 0.4) is 0 Å². The Hall–Kier alpha value is -0.873. The second kappa shape index (κ2) is 5.15. The Labute approximate surface area is 130 Å². The monoisotopic (exact) mass is 351 g/mol. The summed E-state index contributed by atoms with van der Waals surface area (Å²) in [6, 6.07) is 8.25. The lowest BCUT2D eigenvalue weighted by molar-refractivity contribution is 0.493. The van der Waals surface area contributed by atoms with Gasteiger partial charge < -0.3 is 4.43 Å². The molecule has 0 amide bonds. The number of hydrogen-bond donors (Lipinski definition) is 0. The summed E-state index contributed by atoms with van der Waals surface area (Å²) < 4.78 is 7.47. The standard InChI is InChI=1S/C16H22BrNOSi/c1-11-7-8-12-9-10-13(17)15(14(12)18-11)19-20(5,6)16(2,3)4/h7-10H,1-6H3. The molecule has 0 spiro atoms. The highest BCUT2D eigenvalue weighted by Gasteiger charge is 2.39. The van der Waals surface area contributed by atoms with Crippen molar-refractivity contribution in [1.82, 2.24) is 4.98 Å². The van der Waals surface area contributed by atoms with Crippen molar-refractivity contribution in [2.75, 3.05) is 0 Å². The summed E-state index contributed by atoms with van der Waals surface area (Å²) in [6.45, 7) is 13.3. The molecule has 0 saturated carbocycles. The fraction of sp³-hybridized carbons (Fsp3) is 0.438. The number of aryl methyl sites for hydroxylation is 1. The minimum absolute atomic E-state index is 0.165. The van der Waals surface area contributed by atoms with Crippen LogP contribution in [0.5, 0.6) is 5.75 Å². The first-order valence-electron chi connectivity index (χ1n) is 6.87. The van der Waals surface area contributed by atoms with Gasteiger partial charge in [0.1, 0.15) is 11.3 Å². The van der Waals surface area contributed by atoms with Gasteiger partial charge >= 0.3 is 0 Å². The molecule has 0 atom stereocenters. The lowest BCUT2D eigenvalue weighted by Gasteiger charge is -2.36. The average Bonchev–Trinajstić information content (AvgIpc) is 2.31. The van der Waals surface area contributed by atoms with Gasteiger partial charge in [-0.25, -0.2) is 4.98 Å². The van der Waals surface area contributed by atoms with E-state index in [9.17, 15) is 0 Å². The van der Waals surface area contributed by atoms with Gasteiger partial charge in [0.25, 0.3) is 8.32 Å². The molecule has 0 unspecified atom stereocenters. The topological polar surface area (TPSA) is 22.1 Å². The third kappa shape index (κ3) is 2.91. The van der Waals surface area contributed by atoms with Gasteiger partial charge in [-0.1, -0.05) is 32.9 Å². The van der Waals surface area contributed by atoms with Gasteiger partial charge in [0.05, 0.1) is 4.47 Å². The molecule has 0 aliphatic rings. The highest BCUT2D eigenvalue weighted by atomic mass is 79.9. The molecule has 2 nitrogen and oxygen atoms in total. The molecule has 20 heavy (non-hydrogen) atoms. The van der Waals surface area contributed by atoms with Crippen LogP contribution >= 0.6 is 15.9 Å². The summed E-state index contributed by atoms with van der Waals surface area (Å²) in [5, 5.41) is 1.28. The van der Waals surface area contributed by atoms with E-state index in [0.717, 1.165) is 26.8 Å². The van der Waals surface area contributed by atoms with Gasteiger partial charge in [0.2, 0.25) is 0 Å². The Balaban J connectivity index is 2.59. The number of benzene rings is 1. The minimum Gasteiger partial charge on any atom is -0.541 e. The zero-order valence-corrected chi connectivity index (χ0v) is 15.6. The van der Waals surface area contributed by atoms with Crippen molar-refractivity contribution in [2.45, 2.75) is 45.8 Å². The molecule has 0 aliphatic heterocycles. The van der Waals surface area contributed by atoms with Crippen molar-refractivity contribution in [2.24, 2.45) is 0 Å². The maximum Gasteiger partial charge on any atom is 0.250 e. The Morgan fingerprint density at radius 3 is 2.30 bits per heavy atom. The quantitative estimate of drug-likeness (QED) is 0.648. The van der Waals surface area contributed by atoms with Gasteiger partial charge in [0.15, 0.2) is 0 Å². The predicted molar refractivity (Wildman–Crippen MR) is 92.0 cm³/mol. The SMILES string of the molecule is Cc1ccc2ccc(Br)c(O[Si](C)(C)C(C)(C)C)c2n1. The van der Waals surface area contributed by atoms with Crippen LogP contribution in [-0.2, 0) is 0 Å². The molecule has 1 heterocycles. The van der Waals surface area contributed by atoms with E-state index < -0.39 is 8.32 Å². The number of fused-ring (bicyclic) bond motifs is 1. The maximum atomic E-state index is 6.49. The lowest BCUT2D eigenvalue weighted by Crippen LogP contribution is -2.44. The fourth-order valence-electron chi connectivity index (χ4n) is 1.74. The van der Waals surface area contributed by atoms with Crippen molar-refractivity contribution in [3.63, 3.8) is 0 Å². The van der Waals surface area contributed by atoms with E-state index in [1.807, 2.05) is 19.1 Å². The van der Waals surface area contributed by atoms with Crippen molar-refractivity contribution >= 4 is 35.2 Å². The van der Waals surface area contributed by atoms with Crippen molar-refractivity contribution in [3.05, 3.63) is 34.4 Å². The molecule has 0 bridgehead atoms. The maximum absolute atomic E-state index is 6.49. The first-order valence-corrected chi connectivity index (χ1v) is 10.6. The number of rotatable bonds is 2. The Bertz CT molecular complexity index is 641. The van der Waals surface area contributed by atoms with Gasteiger partial charge in [0, 0.05) is 11.1 Å². The second-order valence-electron chi connectivity index (χ2n) is 6.76. The normalized spacial score (nSPS) is 12.8. The molecule has 108 valence electrons. The van der Waals surface area contributed by atoms with Crippen LogP contribution < -0.4 is 4.43 Å².